The number of nitrogens with zero attached hydrogens (tertiary/aromatic N) is 1. The zero-order valence-corrected chi connectivity index (χ0v) is 12.0. The number of carbonyl (C=O) groups excluding carboxylic acids is 2. The van der Waals surface area contributed by atoms with Crippen molar-refractivity contribution in [3.63, 3.8) is 0 Å². The summed E-state index contributed by atoms with van der Waals surface area (Å²) in [5, 5.41) is 9.32. The van der Waals surface area contributed by atoms with E-state index in [2.05, 4.69) is 0 Å². The maximum absolute atomic E-state index is 12.5. The number of hydrogen-bond acceptors (Lipinski definition) is 3. The Morgan fingerprint density at radius 3 is 2.29 bits per heavy atom. The highest BCUT2D eigenvalue weighted by Gasteiger charge is 2.52. The molecule has 0 bridgehead atoms. The van der Waals surface area contributed by atoms with E-state index in [0.717, 1.165) is 10.5 Å². The standard InChI is InChI=1S/C16H17NO4/c1-8-3-4-13(12(5-8)16(20)21)17-14(18)10-6-9(2)7-11(10)15(17)19/h3-5,9-11H,6-7H2,1-2H3,(H,20,21). The lowest BCUT2D eigenvalue weighted by molar-refractivity contribution is -0.123. The Balaban J connectivity index is 2.04. The van der Waals surface area contributed by atoms with Gasteiger partial charge >= 0.3 is 5.97 Å². The second kappa shape index (κ2) is 4.69. The Bertz CT molecular complexity index is 628. The fourth-order valence-electron chi connectivity index (χ4n) is 3.53. The fraction of sp³-hybridized carbons (Fsp3) is 0.438. The van der Waals surface area contributed by atoms with Crippen LogP contribution in [0.5, 0.6) is 0 Å². The van der Waals surface area contributed by atoms with Gasteiger partial charge < -0.3 is 5.11 Å². The van der Waals surface area contributed by atoms with E-state index in [1.165, 1.54) is 6.07 Å². The van der Waals surface area contributed by atoms with Gasteiger partial charge in [0.15, 0.2) is 0 Å². The molecule has 1 saturated carbocycles. The molecular formula is C16H17NO4. The first-order valence-corrected chi connectivity index (χ1v) is 7.12. The zero-order valence-electron chi connectivity index (χ0n) is 12.0. The topological polar surface area (TPSA) is 74.7 Å². The van der Waals surface area contributed by atoms with Crippen LogP contribution in [-0.2, 0) is 9.59 Å². The largest absolute Gasteiger partial charge is 0.478 e. The van der Waals surface area contributed by atoms with Crippen LogP contribution in [0, 0.1) is 24.7 Å². The smallest absolute Gasteiger partial charge is 0.337 e. The quantitative estimate of drug-likeness (QED) is 0.846. The summed E-state index contributed by atoms with van der Waals surface area (Å²) in [7, 11) is 0. The van der Waals surface area contributed by atoms with Crippen molar-refractivity contribution in [1.29, 1.82) is 0 Å². The normalized spacial score (nSPS) is 28.1. The number of hydrogen-bond donors (Lipinski definition) is 1. The van der Waals surface area contributed by atoms with Gasteiger partial charge in [0.1, 0.15) is 0 Å². The average molecular weight is 287 g/mol. The van der Waals surface area contributed by atoms with Crippen LogP contribution in [0.15, 0.2) is 18.2 Å². The van der Waals surface area contributed by atoms with Gasteiger partial charge in [-0.1, -0.05) is 18.6 Å². The van der Waals surface area contributed by atoms with Gasteiger partial charge in [-0.15, -0.1) is 0 Å². The molecular weight excluding hydrogens is 270 g/mol. The molecule has 0 spiro atoms. The monoisotopic (exact) mass is 287 g/mol. The number of carboxylic acids is 1. The number of benzene rings is 1. The summed E-state index contributed by atoms with van der Waals surface area (Å²) in [4.78, 5) is 37.5. The van der Waals surface area contributed by atoms with Gasteiger partial charge in [0.2, 0.25) is 11.8 Å². The molecule has 1 aromatic carbocycles. The number of carbonyl (C=O) groups is 3. The van der Waals surface area contributed by atoms with E-state index in [-0.39, 0.29) is 34.9 Å². The summed E-state index contributed by atoms with van der Waals surface area (Å²) < 4.78 is 0. The number of amides is 2. The number of fused-ring (bicyclic) bond motifs is 1. The van der Waals surface area contributed by atoms with Crippen molar-refractivity contribution in [3.05, 3.63) is 29.3 Å². The Hall–Kier alpha value is -2.17. The number of aromatic carboxylic acids is 1. The van der Waals surface area contributed by atoms with Crippen LogP contribution in [0.25, 0.3) is 0 Å². The first kappa shape index (κ1) is 13.8. The third-order valence-corrected chi connectivity index (χ3v) is 4.50. The average Bonchev–Trinajstić information content (AvgIpc) is 2.90. The third kappa shape index (κ3) is 2.04. The van der Waals surface area contributed by atoms with Crippen LogP contribution in [0.1, 0.15) is 35.7 Å². The highest BCUT2D eigenvalue weighted by Crippen LogP contribution is 2.44. The molecule has 2 unspecified atom stereocenters. The van der Waals surface area contributed by atoms with Crippen molar-refractivity contribution in [1.82, 2.24) is 0 Å². The molecule has 21 heavy (non-hydrogen) atoms. The minimum Gasteiger partial charge on any atom is -0.478 e. The molecule has 1 aliphatic carbocycles. The van der Waals surface area contributed by atoms with Crippen LogP contribution >= 0.6 is 0 Å². The van der Waals surface area contributed by atoms with Gasteiger partial charge in [-0.3, -0.25) is 9.59 Å². The molecule has 1 N–H and O–H groups in total. The van der Waals surface area contributed by atoms with Gasteiger partial charge in [0.25, 0.3) is 0 Å². The second-order valence-corrected chi connectivity index (χ2v) is 6.13. The van der Waals surface area contributed by atoms with E-state index in [1.807, 2.05) is 6.92 Å². The summed E-state index contributed by atoms with van der Waals surface area (Å²) in [5.41, 5.74) is 0.985. The van der Waals surface area contributed by atoms with E-state index >= 15 is 0 Å². The van der Waals surface area contributed by atoms with E-state index in [1.54, 1.807) is 19.1 Å². The Labute approximate surface area is 122 Å². The number of anilines is 1. The van der Waals surface area contributed by atoms with Crippen molar-refractivity contribution in [2.75, 3.05) is 4.90 Å². The summed E-state index contributed by atoms with van der Waals surface area (Å²) in [6.07, 6.45) is 1.42. The molecule has 5 heteroatoms. The molecule has 1 aliphatic heterocycles. The molecule has 3 rings (SSSR count). The van der Waals surface area contributed by atoms with Gasteiger partial charge in [-0.2, -0.15) is 0 Å². The SMILES string of the molecule is Cc1ccc(N2C(=O)C3CC(C)CC3C2=O)c(C(=O)O)c1. The van der Waals surface area contributed by atoms with Gasteiger partial charge in [0, 0.05) is 0 Å². The molecule has 2 atom stereocenters. The minimum absolute atomic E-state index is 0.00437. The van der Waals surface area contributed by atoms with Crippen LogP contribution in [-0.4, -0.2) is 22.9 Å². The summed E-state index contributed by atoms with van der Waals surface area (Å²) in [6, 6.07) is 4.77. The maximum atomic E-state index is 12.5. The lowest BCUT2D eigenvalue weighted by Gasteiger charge is -2.19. The molecule has 1 saturated heterocycles. The Morgan fingerprint density at radius 2 is 1.76 bits per heavy atom. The maximum Gasteiger partial charge on any atom is 0.337 e. The highest BCUT2D eigenvalue weighted by atomic mass is 16.4. The molecule has 110 valence electrons. The van der Waals surface area contributed by atoms with E-state index in [0.29, 0.717) is 18.8 Å². The number of aryl methyl sites for hydroxylation is 1. The number of rotatable bonds is 2. The number of carboxylic acid groups (broad SMARTS) is 1. The minimum atomic E-state index is -1.13. The summed E-state index contributed by atoms with van der Waals surface area (Å²) in [5.74, 6) is -1.82. The predicted octanol–water partition coefficient (Wildman–Crippen LogP) is 2.23. The molecule has 5 nitrogen and oxygen atoms in total. The van der Waals surface area contributed by atoms with Crippen LogP contribution in [0.2, 0.25) is 0 Å². The third-order valence-electron chi connectivity index (χ3n) is 4.50. The van der Waals surface area contributed by atoms with Crippen LogP contribution < -0.4 is 4.90 Å². The second-order valence-electron chi connectivity index (χ2n) is 6.13. The predicted molar refractivity (Wildman–Crippen MR) is 76.0 cm³/mol. The van der Waals surface area contributed by atoms with Gasteiger partial charge in [0.05, 0.1) is 23.1 Å². The summed E-state index contributed by atoms with van der Waals surface area (Å²) >= 11 is 0. The van der Waals surface area contributed by atoms with Crippen LogP contribution in [0.4, 0.5) is 5.69 Å². The van der Waals surface area contributed by atoms with Gasteiger partial charge in [-0.05, 0) is 37.8 Å². The molecule has 1 aromatic rings. The van der Waals surface area contributed by atoms with E-state index in [9.17, 15) is 19.5 Å². The first-order chi connectivity index (χ1) is 9.90. The van der Waals surface area contributed by atoms with Gasteiger partial charge in [-0.25, -0.2) is 9.69 Å². The molecule has 0 aromatic heterocycles. The molecule has 2 aliphatic rings. The molecule has 0 radical (unpaired) electrons. The fourth-order valence-corrected chi connectivity index (χ4v) is 3.53. The Kier molecular flexibility index (Phi) is 3.08. The zero-order chi connectivity index (χ0) is 15.3. The van der Waals surface area contributed by atoms with Crippen molar-refractivity contribution in [2.45, 2.75) is 26.7 Å². The van der Waals surface area contributed by atoms with Crippen molar-refractivity contribution in [3.8, 4) is 0 Å². The highest BCUT2D eigenvalue weighted by molar-refractivity contribution is 6.24. The first-order valence-electron chi connectivity index (χ1n) is 7.12. The molecule has 1 heterocycles. The van der Waals surface area contributed by atoms with E-state index in [4.69, 9.17) is 0 Å². The van der Waals surface area contributed by atoms with Crippen LogP contribution in [0.3, 0.4) is 0 Å². The van der Waals surface area contributed by atoms with E-state index < -0.39 is 5.97 Å². The molecule has 2 amide bonds. The number of imide groups is 1. The lowest BCUT2D eigenvalue weighted by atomic mass is 10.00. The Morgan fingerprint density at radius 1 is 1.19 bits per heavy atom. The summed E-state index contributed by atoms with van der Waals surface area (Å²) in [6.45, 7) is 3.82. The van der Waals surface area contributed by atoms with Crippen molar-refractivity contribution >= 4 is 23.5 Å². The van der Waals surface area contributed by atoms with Crippen molar-refractivity contribution < 1.29 is 19.5 Å². The molecule has 2 fully saturated rings. The lowest BCUT2D eigenvalue weighted by Crippen LogP contribution is -2.33. The van der Waals surface area contributed by atoms with Crippen molar-refractivity contribution in [2.24, 2.45) is 17.8 Å².